The Labute approximate surface area is 209 Å². The Balaban J connectivity index is 1.62. The number of H-pyrrole nitrogens is 1. The fraction of sp³-hybridized carbons (Fsp3) is 0.250. The van der Waals surface area contributed by atoms with E-state index in [1.54, 1.807) is 0 Å². The second kappa shape index (κ2) is 11.4. The van der Waals surface area contributed by atoms with Gasteiger partial charge in [0.05, 0.1) is 6.54 Å². The molecule has 0 radical (unpaired) electrons. The standard InChI is InChI=1S/C28H30N4O4/c1-2-3-18-31-26(29)25(27(34)30-28(31)35)32(19-20-10-6-4-7-11-20)24(33)17-15-22-14-16-23(36-22)21-12-8-5-9-13-21/h4-14,16H,2-3,15,17-19,29H2,1H3,(H,30,34,35). The maximum Gasteiger partial charge on any atom is 0.330 e. The van der Waals surface area contributed by atoms with Gasteiger partial charge in [-0.1, -0.05) is 74.0 Å². The molecule has 3 N–H and O–H groups in total. The number of nitrogens with two attached hydrogens (primary N) is 1. The minimum Gasteiger partial charge on any atom is -0.461 e. The summed E-state index contributed by atoms with van der Waals surface area (Å²) in [6.07, 6.45) is 2.01. The molecule has 4 rings (SSSR count). The zero-order chi connectivity index (χ0) is 25.5. The first-order chi connectivity index (χ1) is 17.5. The van der Waals surface area contributed by atoms with Gasteiger partial charge in [-0.2, -0.15) is 0 Å². The highest BCUT2D eigenvalue weighted by molar-refractivity contribution is 5.95. The van der Waals surface area contributed by atoms with E-state index in [0.29, 0.717) is 25.1 Å². The molecule has 0 spiro atoms. The summed E-state index contributed by atoms with van der Waals surface area (Å²) < 4.78 is 7.27. The van der Waals surface area contributed by atoms with E-state index in [9.17, 15) is 14.4 Å². The zero-order valence-corrected chi connectivity index (χ0v) is 20.3. The van der Waals surface area contributed by atoms with Gasteiger partial charge in [0.2, 0.25) is 5.91 Å². The molecular formula is C28H30N4O4. The Morgan fingerprint density at radius 1 is 1.00 bits per heavy atom. The average molecular weight is 487 g/mol. The number of carbonyl (C=O) groups excluding carboxylic acids is 1. The molecule has 2 heterocycles. The first kappa shape index (κ1) is 24.8. The predicted molar refractivity (Wildman–Crippen MR) is 141 cm³/mol. The lowest BCUT2D eigenvalue weighted by Crippen LogP contribution is -2.41. The SMILES string of the molecule is CCCCn1c(N)c(N(Cc2ccccc2)C(=O)CCc2ccc(-c3ccccc3)o2)c(=O)[nH]c1=O. The van der Waals surface area contributed by atoms with E-state index >= 15 is 0 Å². The molecule has 2 aromatic heterocycles. The number of furan rings is 1. The minimum absolute atomic E-state index is 0.00848. The molecule has 0 bridgehead atoms. The van der Waals surface area contributed by atoms with Gasteiger partial charge in [-0.3, -0.25) is 19.1 Å². The number of unbranched alkanes of at least 4 members (excludes halogenated alkanes) is 1. The molecular weight excluding hydrogens is 456 g/mol. The molecule has 0 aliphatic heterocycles. The summed E-state index contributed by atoms with van der Waals surface area (Å²) in [5.74, 6) is 1.08. The maximum atomic E-state index is 13.5. The average Bonchev–Trinajstić information content (AvgIpc) is 3.37. The Bertz CT molecular complexity index is 1420. The van der Waals surface area contributed by atoms with E-state index in [4.69, 9.17) is 10.2 Å². The van der Waals surface area contributed by atoms with Crippen molar-refractivity contribution in [3.05, 3.63) is 105 Å². The van der Waals surface area contributed by atoms with E-state index in [2.05, 4.69) is 4.98 Å². The largest absolute Gasteiger partial charge is 0.461 e. The number of hydrogen-bond donors (Lipinski definition) is 2. The molecule has 0 unspecified atom stereocenters. The second-order valence-electron chi connectivity index (χ2n) is 8.60. The molecule has 36 heavy (non-hydrogen) atoms. The smallest absolute Gasteiger partial charge is 0.330 e. The number of amides is 1. The zero-order valence-electron chi connectivity index (χ0n) is 20.3. The summed E-state index contributed by atoms with van der Waals surface area (Å²) in [5.41, 5.74) is 6.84. The van der Waals surface area contributed by atoms with Crippen molar-refractivity contribution < 1.29 is 9.21 Å². The van der Waals surface area contributed by atoms with Gasteiger partial charge in [0.15, 0.2) is 5.69 Å². The van der Waals surface area contributed by atoms with Crippen LogP contribution in [0.2, 0.25) is 0 Å². The number of aromatic amines is 1. The molecule has 8 heteroatoms. The van der Waals surface area contributed by atoms with Crippen molar-refractivity contribution in [2.75, 3.05) is 10.6 Å². The number of carbonyl (C=O) groups is 1. The summed E-state index contributed by atoms with van der Waals surface area (Å²) in [4.78, 5) is 42.5. The fourth-order valence-electron chi connectivity index (χ4n) is 4.07. The molecule has 4 aromatic rings. The van der Waals surface area contributed by atoms with E-state index in [-0.39, 0.29) is 30.4 Å². The first-order valence-electron chi connectivity index (χ1n) is 12.1. The van der Waals surface area contributed by atoms with E-state index in [1.165, 1.54) is 9.47 Å². The van der Waals surface area contributed by atoms with Gasteiger partial charge in [0.1, 0.15) is 17.3 Å². The third kappa shape index (κ3) is 5.66. The van der Waals surface area contributed by atoms with Gasteiger partial charge < -0.3 is 15.1 Å². The second-order valence-corrected chi connectivity index (χ2v) is 8.60. The first-order valence-corrected chi connectivity index (χ1v) is 12.1. The Morgan fingerprint density at radius 2 is 1.69 bits per heavy atom. The Hall–Kier alpha value is -4.33. The summed E-state index contributed by atoms with van der Waals surface area (Å²) in [6.45, 7) is 2.50. The maximum absolute atomic E-state index is 13.5. The van der Waals surface area contributed by atoms with E-state index in [0.717, 1.165) is 23.3 Å². The van der Waals surface area contributed by atoms with E-state index in [1.807, 2.05) is 79.7 Å². The fourth-order valence-corrected chi connectivity index (χ4v) is 4.07. The number of anilines is 2. The molecule has 2 aromatic carbocycles. The van der Waals surface area contributed by atoms with Crippen molar-refractivity contribution in [2.45, 2.75) is 45.7 Å². The van der Waals surface area contributed by atoms with Gasteiger partial charge in [-0.25, -0.2) is 4.79 Å². The molecule has 186 valence electrons. The Morgan fingerprint density at radius 3 is 2.39 bits per heavy atom. The van der Waals surface area contributed by atoms with Crippen LogP contribution in [0.1, 0.15) is 37.5 Å². The van der Waals surface area contributed by atoms with Crippen molar-refractivity contribution in [1.29, 1.82) is 0 Å². The van der Waals surface area contributed by atoms with Crippen molar-refractivity contribution in [1.82, 2.24) is 9.55 Å². The van der Waals surface area contributed by atoms with Crippen LogP contribution in [0.3, 0.4) is 0 Å². The number of aryl methyl sites for hydroxylation is 1. The number of hydrogen-bond acceptors (Lipinski definition) is 5. The lowest BCUT2D eigenvalue weighted by Gasteiger charge is -2.24. The Kier molecular flexibility index (Phi) is 7.85. The summed E-state index contributed by atoms with van der Waals surface area (Å²) in [7, 11) is 0. The van der Waals surface area contributed by atoms with Crippen molar-refractivity contribution in [2.24, 2.45) is 0 Å². The van der Waals surface area contributed by atoms with Crippen LogP contribution < -0.4 is 21.9 Å². The molecule has 0 saturated carbocycles. The van der Waals surface area contributed by atoms with Crippen LogP contribution in [0.4, 0.5) is 11.5 Å². The van der Waals surface area contributed by atoms with Crippen LogP contribution in [0.15, 0.2) is 86.8 Å². The topological polar surface area (TPSA) is 114 Å². The van der Waals surface area contributed by atoms with Crippen LogP contribution in [0, 0.1) is 0 Å². The highest BCUT2D eigenvalue weighted by Crippen LogP contribution is 2.24. The number of nitrogens with zero attached hydrogens (tertiary/aromatic N) is 2. The number of nitrogen functional groups attached to an aromatic ring is 1. The van der Waals surface area contributed by atoms with Crippen molar-refractivity contribution in [3.63, 3.8) is 0 Å². The molecule has 8 nitrogen and oxygen atoms in total. The lowest BCUT2D eigenvalue weighted by atomic mass is 10.1. The van der Waals surface area contributed by atoms with Crippen LogP contribution >= 0.6 is 0 Å². The van der Waals surface area contributed by atoms with Gasteiger partial charge in [0.25, 0.3) is 5.56 Å². The summed E-state index contributed by atoms with van der Waals surface area (Å²) in [6, 6.07) is 22.8. The molecule has 1 amide bonds. The van der Waals surface area contributed by atoms with Crippen LogP contribution in [-0.4, -0.2) is 15.5 Å². The highest BCUT2D eigenvalue weighted by Gasteiger charge is 2.24. The minimum atomic E-state index is -0.682. The third-order valence-electron chi connectivity index (χ3n) is 6.01. The van der Waals surface area contributed by atoms with Crippen molar-refractivity contribution >= 4 is 17.4 Å². The summed E-state index contributed by atoms with van der Waals surface area (Å²) >= 11 is 0. The molecule has 0 aliphatic carbocycles. The van der Waals surface area contributed by atoms with E-state index < -0.39 is 11.2 Å². The quantitative estimate of drug-likeness (QED) is 0.346. The molecule has 0 saturated heterocycles. The molecule has 0 fully saturated rings. The lowest BCUT2D eigenvalue weighted by molar-refractivity contribution is -0.118. The van der Waals surface area contributed by atoms with Crippen LogP contribution in [0.25, 0.3) is 11.3 Å². The summed E-state index contributed by atoms with van der Waals surface area (Å²) in [5, 5.41) is 0. The van der Waals surface area contributed by atoms with Crippen LogP contribution in [-0.2, 0) is 24.3 Å². The molecule has 0 atom stereocenters. The normalized spacial score (nSPS) is 10.9. The third-order valence-corrected chi connectivity index (χ3v) is 6.01. The van der Waals surface area contributed by atoms with Gasteiger partial charge in [-0.15, -0.1) is 0 Å². The number of aromatic nitrogens is 2. The van der Waals surface area contributed by atoms with Gasteiger partial charge >= 0.3 is 5.69 Å². The van der Waals surface area contributed by atoms with Gasteiger partial charge in [-0.05, 0) is 24.1 Å². The monoisotopic (exact) mass is 486 g/mol. The van der Waals surface area contributed by atoms with Gasteiger partial charge in [0, 0.05) is 24.9 Å². The van der Waals surface area contributed by atoms with Crippen LogP contribution in [0.5, 0.6) is 0 Å². The number of benzene rings is 2. The number of nitrogens with one attached hydrogen (secondary N) is 1. The number of rotatable bonds is 10. The highest BCUT2D eigenvalue weighted by atomic mass is 16.3. The predicted octanol–water partition coefficient (Wildman–Crippen LogP) is 4.34. The molecule has 0 aliphatic rings. The van der Waals surface area contributed by atoms with Crippen molar-refractivity contribution in [3.8, 4) is 11.3 Å².